The fraction of sp³-hybridized carbons (Fsp3) is 1.00. The molecule has 5 heteroatoms. The fourth-order valence-corrected chi connectivity index (χ4v) is 13.3. The van der Waals surface area contributed by atoms with E-state index in [2.05, 4.69) is 48.5 Å². The molecule has 0 amide bonds. The largest absolute Gasteiger partial charge is 0.394 e. The summed E-state index contributed by atoms with van der Waals surface area (Å²) in [4.78, 5) is 0. The molecule has 5 aliphatic rings. The summed E-state index contributed by atoms with van der Waals surface area (Å²) in [5.74, 6) is 3.80. The zero-order chi connectivity index (χ0) is 29.5. The van der Waals surface area contributed by atoms with Crippen LogP contribution in [0.25, 0.3) is 0 Å². The maximum atomic E-state index is 10.8. The van der Waals surface area contributed by atoms with Crippen LogP contribution in [0.3, 0.4) is 0 Å². The molecule has 0 aliphatic heterocycles. The smallest absolute Gasteiger partial charge is 0.110 e. The third kappa shape index (κ3) is 4.41. The van der Waals surface area contributed by atoms with Crippen LogP contribution in [0.4, 0.5) is 0 Å². The SMILES string of the molecule is CC(CC(O)C(O)C(O)C(O)CO)C1CC[C@@]2(C)C1CC[C@]1(C)[C@@H]2CC[C@@H]2[C@@]3(C)CCCC(C)(C)[C@@H]3CC[C@]21C. The van der Waals surface area contributed by atoms with E-state index in [4.69, 9.17) is 5.11 Å². The molecule has 0 radical (unpaired) electrons. The molecule has 5 nitrogen and oxygen atoms in total. The maximum absolute atomic E-state index is 10.8. The van der Waals surface area contributed by atoms with E-state index in [9.17, 15) is 20.4 Å². The highest BCUT2D eigenvalue weighted by Crippen LogP contribution is 2.78. The number of hydrogen-bond donors (Lipinski definition) is 5. The number of aliphatic hydroxyl groups excluding tert-OH is 5. The molecule has 0 bridgehead atoms. The first-order valence-electron chi connectivity index (χ1n) is 16.9. The van der Waals surface area contributed by atoms with E-state index in [0.29, 0.717) is 45.3 Å². The van der Waals surface area contributed by atoms with E-state index in [0.717, 1.165) is 17.8 Å². The molecule has 0 spiro atoms. The number of fused-ring (bicyclic) bond motifs is 7. The first-order chi connectivity index (χ1) is 18.6. The summed E-state index contributed by atoms with van der Waals surface area (Å²) in [6.45, 7) is 17.4. The Morgan fingerprint density at radius 1 is 0.625 bits per heavy atom. The van der Waals surface area contributed by atoms with Gasteiger partial charge in [0.1, 0.15) is 18.3 Å². The lowest BCUT2D eigenvalue weighted by atomic mass is 9.32. The van der Waals surface area contributed by atoms with Crippen LogP contribution in [-0.2, 0) is 0 Å². The van der Waals surface area contributed by atoms with Crippen molar-refractivity contribution in [3.8, 4) is 0 Å². The molecule has 14 atom stereocenters. The predicted molar refractivity (Wildman–Crippen MR) is 159 cm³/mol. The van der Waals surface area contributed by atoms with Gasteiger partial charge >= 0.3 is 0 Å². The van der Waals surface area contributed by atoms with Gasteiger partial charge in [0.25, 0.3) is 0 Å². The van der Waals surface area contributed by atoms with Gasteiger partial charge in [0.15, 0.2) is 0 Å². The molecule has 7 unspecified atom stereocenters. The summed E-state index contributed by atoms with van der Waals surface area (Å²) in [5.41, 5.74) is 2.03. The third-order valence-electron chi connectivity index (χ3n) is 15.4. The third-order valence-corrected chi connectivity index (χ3v) is 15.4. The van der Waals surface area contributed by atoms with Gasteiger partial charge in [-0.3, -0.25) is 0 Å². The molecule has 5 N–H and O–H groups in total. The Morgan fingerprint density at radius 3 is 1.82 bits per heavy atom. The monoisotopic (exact) mass is 562 g/mol. The van der Waals surface area contributed by atoms with Crippen molar-refractivity contribution in [2.45, 2.75) is 150 Å². The highest BCUT2D eigenvalue weighted by atomic mass is 16.4. The topological polar surface area (TPSA) is 101 Å². The van der Waals surface area contributed by atoms with Gasteiger partial charge in [0.05, 0.1) is 12.7 Å². The zero-order valence-corrected chi connectivity index (χ0v) is 26.7. The minimum atomic E-state index is -1.54. The lowest BCUT2D eigenvalue weighted by Gasteiger charge is -2.73. The van der Waals surface area contributed by atoms with Crippen LogP contribution in [0.1, 0.15) is 126 Å². The summed E-state index contributed by atoms with van der Waals surface area (Å²) in [6, 6.07) is 0. The van der Waals surface area contributed by atoms with E-state index >= 15 is 0 Å². The second-order valence-corrected chi connectivity index (χ2v) is 17.3. The lowest BCUT2D eigenvalue weighted by molar-refractivity contribution is -0.241. The number of rotatable bonds is 7. The average Bonchev–Trinajstić information content (AvgIpc) is 3.24. The summed E-state index contributed by atoms with van der Waals surface area (Å²) >= 11 is 0. The van der Waals surface area contributed by atoms with Crippen LogP contribution >= 0.6 is 0 Å². The fourth-order valence-electron chi connectivity index (χ4n) is 13.3. The van der Waals surface area contributed by atoms with E-state index in [-0.39, 0.29) is 5.92 Å². The standard InChI is InChI=1S/C35H62O5/c1-21(19-24(37)29(39)30(40)25(38)20-36)22-11-16-32(4)23(22)12-17-34(6)27(32)9-10-28-33(5)15-8-14-31(2,3)26(33)13-18-35(28,34)7/h21-30,36-40H,8-20H2,1-7H3/t21?,22?,23?,24?,25?,26-,27+,28+,29?,30?,32-,33-,34+,35+/m0/s1. The van der Waals surface area contributed by atoms with Crippen molar-refractivity contribution in [3.05, 3.63) is 0 Å². The molecule has 5 saturated carbocycles. The Labute approximate surface area is 244 Å². The Morgan fingerprint density at radius 2 is 1.20 bits per heavy atom. The van der Waals surface area contributed by atoms with Crippen molar-refractivity contribution in [1.29, 1.82) is 0 Å². The maximum Gasteiger partial charge on any atom is 0.110 e. The quantitative estimate of drug-likeness (QED) is 0.264. The number of hydrogen-bond acceptors (Lipinski definition) is 5. The van der Waals surface area contributed by atoms with E-state index in [1.54, 1.807) is 0 Å². The highest BCUT2D eigenvalue weighted by Gasteiger charge is 2.70. The molecule has 5 fully saturated rings. The Balaban J connectivity index is 1.34. The molecule has 0 saturated heterocycles. The van der Waals surface area contributed by atoms with E-state index in [1.807, 2.05) is 0 Å². The molecular weight excluding hydrogens is 500 g/mol. The highest BCUT2D eigenvalue weighted by molar-refractivity contribution is 5.19. The summed E-state index contributed by atoms with van der Waals surface area (Å²) < 4.78 is 0. The first kappa shape index (κ1) is 31.2. The normalized spacial score (nSPS) is 50.0. The molecule has 0 aromatic rings. The second kappa shape index (κ2) is 10.5. The lowest BCUT2D eigenvalue weighted by Crippen LogP contribution is -2.65. The molecule has 40 heavy (non-hydrogen) atoms. The van der Waals surface area contributed by atoms with Crippen LogP contribution in [0.5, 0.6) is 0 Å². The summed E-state index contributed by atoms with van der Waals surface area (Å²) in [5, 5.41) is 50.3. The van der Waals surface area contributed by atoms with Crippen LogP contribution in [0.15, 0.2) is 0 Å². The van der Waals surface area contributed by atoms with Gasteiger partial charge in [-0.2, -0.15) is 0 Å². The van der Waals surface area contributed by atoms with E-state index in [1.165, 1.54) is 70.6 Å². The summed E-state index contributed by atoms with van der Waals surface area (Å²) in [7, 11) is 0. The minimum absolute atomic E-state index is 0.227. The van der Waals surface area contributed by atoms with Crippen LogP contribution in [0, 0.1) is 62.6 Å². The average molecular weight is 563 g/mol. The van der Waals surface area contributed by atoms with Crippen LogP contribution in [-0.4, -0.2) is 56.6 Å². The molecule has 5 rings (SSSR count). The molecule has 0 aromatic carbocycles. The summed E-state index contributed by atoms with van der Waals surface area (Å²) in [6.07, 6.45) is 9.59. The Bertz CT molecular complexity index is 921. The van der Waals surface area contributed by atoms with Crippen molar-refractivity contribution in [2.75, 3.05) is 6.61 Å². The van der Waals surface area contributed by atoms with Crippen molar-refractivity contribution >= 4 is 0 Å². The van der Waals surface area contributed by atoms with Crippen molar-refractivity contribution in [2.24, 2.45) is 62.6 Å². The molecule has 0 aromatic heterocycles. The van der Waals surface area contributed by atoms with E-state index < -0.39 is 31.0 Å². The Kier molecular flexibility index (Phi) is 8.17. The molecular formula is C35H62O5. The van der Waals surface area contributed by atoms with Gasteiger partial charge in [0, 0.05) is 0 Å². The van der Waals surface area contributed by atoms with Crippen LogP contribution < -0.4 is 0 Å². The predicted octanol–water partition coefficient (Wildman–Crippen LogP) is 5.94. The second-order valence-electron chi connectivity index (χ2n) is 17.3. The Hall–Kier alpha value is -0.200. The first-order valence-corrected chi connectivity index (χ1v) is 16.9. The minimum Gasteiger partial charge on any atom is -0.394 e. The van der Waals surface area contributed by atoms with Gasteiger partial charge in [-0.15, -0.1) is 0 Å². The van der Waals surface area contributed by atoms with Crippen molar-refractivity contribution in [1.82, 2.24) is 0 Å². The molecule has 5 aliphatic carbocycles. The van der Waals surface area contributed by atoms with Gasteiger partial charge in [-0.25, -0.2) is 0 Å². The van der Waals surface area contributed by atoms with Gasteiger partial charge in [-0.05, 0) is 133 Å². The van der Waals surface area contributed by atoms with Crippen LogP contribution in [0.2, 0.25) is 0 Å². The van der Waals surface area contributed by atoms with Gasteiger partial charge in [0.2, 0.25) is 0 Å². The number of aliphatic hydroxyl groups is 5. The molecule has 232 valence electrons. The van der Waals surface area contributed by atoms with Crippen molar-refractivity contribution < 1.29 is 25.5 Å². The van der Waals surface area contributed by atoms with Crippen molar-refractivity contribution in [3.63, 3.8) is 0 Å². The molecule has 0 heterocycles. The van der Waals surface area contributed by atoms with Gasteiger partial charge < -0.3 is 25.5 Å². The van der Waals surface area contributed by atoms with Gasteiger partial charge in [-0.1, -0.05) is 54.9 Å². The zero-order valence-electron chi connectivity index (χ0n) is 26.7.